The highest BCUT2D eigenvalue weighted by atomic mass is 32.2. The summed E-state index contributed by atoms with van der Waals surface area (Å²) in [6.07, 6.45) is 5.83. The quantitative estimate of drug-likeness (QED) is 0.460. The van der Waals surface area contributed by atoms with Crippen molar-refractivity contribution in [2.75, 3.05) is 31.2 Å². The Kier molecular flexibility index (Phi) is 5.72. The van der Waals surface area contributed by atoms with Gasteiger partial charge in [-0.2, -0.15) is 0 Å². The van der Waals surface area contributed by atoms with Crippen LogP contribution >= 0.6 is 11.8 Å². The van der Waals surface area contributed by atoms with Crippen LogP contribution < -0.4 is 14.4 Å². The van der Waals surface area contributed by atoms with Gasteiger partial charge in [0.05, 0.1) is 11.4 Å². The molecule has 1 amide bonds. The minimum Gasteiger partial charge on any atom is -0.486 e. The highest BCUT2D eigenvalue weighted by Gasteiger charge is 2.36. The molecule has 3 heterocycles. The number of benzene rings is 2. The number of allylic oxidation sites excluding steroid dienone is 1. The topological polar surface area (TPSA) is 54.4 Å². The fourth-order valence-corrected chi connectivity index (χ4v) is 5.21. The van der Waals surface area contributed by atoms with Crippen molar-refractivity contribution >= 4 is 40.3 Å². The third-order valence-electron chi connectivity index (χ3n) is 5.66. The summed E-state index contributed by atoms with van der Waals surface area (Å²) in [6, 6.07) is 12.0. The number of fused-ring (bicyclic) bond motifs is 2. The molecule has 0 radical (unpaired) electrons. The highest BCUT2D eigenvalue weighted by molar-refractivity contribution is 8.18. The summed E-state index contributed by atoms with van der Waals surface area (Å²) in [7, 11) is 0. The van der Waals surface area contributed by atoms with E-state index in [-0.39, 0.29) is 5.91 Å². The van der Waals surface area contributed by atoms with Crippen molar-refractivity contribution in [3.8, 4) is 11.5 Å². The summed E-state index contributed by atoms with van der Waals surface area (Å²) in [5, 5.41) is 0.623. The van der Waals surface area contributed by atoms with E-state index >= 15 is 0 Å². The van der Waals surface area contributed by atoms with Gasteiger partial charge in [-0.25, -0.2) is 4.99 Å². The van der Waals surface area contributed by atoms with E-state index < -0.39 is 0 Å². The number of thioether (sulfide) groups is 1. The Hall–Kier alpha value is -3.45. The Morgan fingerprint density at radius 1 is 1.09 bits per heavy atom. The highest BCUT2D eigenvalue weighted by Crippen LogP contribution is 2.41. The van der Waals surface area contributed by atoms with Crippen LogP contribution in [0.15, 0.2) is 70.7 Å². The third kappa shape index (κ3) is 3.93. The molecule has 3 aliphatic heterocycles. The number of hydrogen-bond donors (Lipinski definition) is 0. The number of rotatable bonds is 4. The van der Waals surface area contributed by atoms with E-state index in [4.69, 9.17) is 14.5 Å². The molecule has 0 spiro atoms. The minimum atomic E-state index is -0.0649. The molecule has 0 saturated carbocycles. The van der Waals surface area contributed by atoms with E-state index in [9.17, 15) is 4.79 Å². The Balaban J connectivity index is 1.54. The fourth-order valence-electron chi connectivity index (χ4n) is 4.13. The van der Waals surface area contributed by atoms with Gasteiger partial charge in [-0.15, -0.1) is 6.58 Å². The number of amidine groups is 1. The van der Waals surface area contributed by atoms with Gasteiger partial charge < -0.3 is 14.4 Å². The smallest absolute Gasteiger partial charge is 0.269 e. The van der Waals surface area contributed by atoms with Crippen LogP contribution in [0.3, 0.4) is 0 Å². The van der Waals surface area contributed by atoms with Gasteiger partial charge >= 0.3 is 0 Å². The molecule has 0 aliphatic carbocycles. The van der Waals surface area contributed by atoms with Crippen LogP contribution in [0.25, 0.3) is 6.08 Å². The molecule has 6 nitrogen and oxygen atoms in total. The molecule has 168 valence electrons. The first-order valence-corrected chi connectivity index (χ1v) is 11.8. The van der Waals surface area contributed by atoms with Crippen LogP contribution in [-0.2, 0) is 4.79 Å². The molecule has 33 heavy (non-hydrogen) atoms. The zero-order valence-corrected chi connectivity index (χ0v) is 19.5. The number of amides is 1. The van der Waals surface area contributed by atoms with Gasteiger partial charge in [-0.3, -0.25) is 9.69 Å². The Morgan fingerprint density at radius 2 is 1.91 bits per heavy atom. The number of hydrogen-bond acceptors (Lipinski definition) is 6. The Bertz CT molecular complexity index is 1230. The molecule has 2 aromatic rings. The molecule has 0 bridgehead atoms. The molecule has 5 rings (SSSR count). The molecule has 0 aromatic heterocycles. The second-order valence-electron chi connectivity index (χ2n) is 7.88. The van der Waals surface area contributed by atoms with Crippen LogP contribution in [0.5, 0.6) is 11.5 Å². The van der Waals surface area contributed by atoms with Crippen LogP contribution in [-0.4, -0.2) is 42.3 Å². The van der Waals surface area contributed by atoms with Crippen molar-refractivity contribution < 1.29 is 14.3 Å². The zero-order chi connectivity index (χ0) is 22.9. The molecular formula is C26H25N3O3S. The van der Waals surface area contributed by atoms with Gasteiger partial charge in [0.15, 0.2) is 16.7 Å². The lowest BCUT2D eigenvalue weighted by Crippen LogP contribution is -2.31. The largest absolute Gasteiger partial charge is 0.486 e. The molecule has 1 fully saturated rings. The van der Waals surface area contributed by atoms with E-state index in [0.29, 0.717) is 47.0 Å². The van der Waals surface area contributed by atoms with Gasteiger partial charge in [0.25, 0.3) is 5.91 Å². The predicted octanol–water partition coefficient (Wildman–Crippen LogP) is 5.28. The lowest BCUT2D eigenvalue weighted by atomic mass is 10.0. The monoisotopic (exact) mass is 459 g/mol. The number of aliphatic imine (C=N–C) groups is 1. The van der Waals surface area contributed by atoms with Gasteiger partial charge in [0.2, 0.25) is 0 Å². The summed E-state index contributed by atoms with van der Waals surface area (Å²) < 4.78 is 11.3. The van der Waals surface area contributed by atoms with Crippen LogP contribution in [0, 0.1) is 6.92 Å². The molecule has 0 unspecified atom stereocenters. The normalized spacial score (nSPS) is 20.4. The number of carbonyl (C=O) groups is 1. The van der Waals surface area contributed by atoms with E-state index in [2.05, 4.69) is 49.6 Å². The summed E-state index contributed by atoms with van der Waals surface area (Å²) in [5.74, 6) is 1.32. The lowest BCUT2D eigenvalue weighted by molar-refractivity contribution is -0.121. The maximum atomic E-state index is 13.5. The second-order valence-corrected chi connectivity index (χ2v) is 8.86. The van der Waals surface area contributed by atoms with Crippen LogP contribution in [0.1, 0.15) is 18.1 Å². The minimum absolute atomic E-state index is 0.0649. The molecule has 2 aromatic carbocycles. The summed E-state index contributed by atoms with van der Waals surface area (Å²) in [6.45, 7) is 10.2. The first-order chi connectivity index (χ1) is 16.1. The van der Waals surface area contributed by atoms with E-state index in [1.807, 2.05) is 24.3 Å². The van der Waals surface area contributed by atoms with Gasteiger partial charge in [0, 0.05) is 24.8 Å². The maximum Gasteiger partial charge on any atom is 0.269 e. The van der Waals surface area contributed by atoms with Crippen molar-refractivity contribution in [3.63, 3.8) is 0 Å². The lowest BCUT2D eigenvalue weighted by Gasteiger charge is -2.30. The van der Waals surface area contributed by atoms with Crippen molar-refractivity contribution in [3.05, 3.63) is 76.9 Å². The van der Waals surface area contributed by atoms with E-state index in [1.165, 1.54) is 17.3 Å². The number of likely N-dealkylation sites (N-methyl/N-ethyl adjacent to an activating group) is 1. The first kappa shape index (κ1) is 21.4. The van der Waals surface area contributed by atoms with Gasteiger partial charge in [-0.1, -0.05) is 23.8 Å². The number of aryl methyl sites for hydroxylation is 1. The number of nitrogens with zero attached hydrogens (tertiary/aromatic N) is 3. The number of ether oxygens (including phenoxy) is 2. The molecule has 3 aliphatic rings. The average Bonchev–Trinajstić information content (AvgIpc) is 3.13. The van der Waals surface area contributed by atoms with E-state index in [1.54, 1.807) is 11.0 Å². The van der Waals surface area contributed by atoms with Crippen molar-refractivity contribution in [2.45, 2.75) is 13.8 Å². The van der Waals surface area contributed by atoms with Gasteiger partial charge in [0.1, 0.15) is 18.1 Å². The van der Waals surface area contributed by atoms with Gasteiger partial charge in [-0.05, 0) is 61.5 Å². The Morgan fingerprint density at radius 3 is 2.70 bits per heavy atom. The van der Waals surface area contributed by atoms with Crippen molar-refractivity contribution in [2.24, 2.45) is 4.99 Å². The molecular weight excluding hydrogens is 434 g/mol. The fraction of sp³-hybridized carbons (Fsp3) is 0.231. The summed E-state index contributed by atoms with van der Waals surface area (Å²) >= 11 is 1.40. The SMILES string of the molecule is C=CCN1C(=O)/C(=C2/C=Cc3cc(C)ccc3N2CC)SC1=Nc1ccc2c(c1)OCCO2. The second kappa shape index (κ2) is 8.83. The summed E-state index contributed by atoms with van der Waals surface area (Å²) in [5.41, 5.74) is 5.08. The third-order valence-corrected chi connectivity index (χ3v) is 6.74. The predicted molar refractivity (Wildman–Crippen MR) is 134 cm³/mol. The number of anilines is 1. The molecule has 7 heteroatoms. The Labute approximate surface area is 197 Å². The molecule has 1 saturated heterocycles. The van der Waals surface area contributed by atoms with Crippen LogP contribution in [0.4, 0.5) is 11.4 Å². The number of carbonyl (C=O) groups excluding carboxylic acids is 1. The standard InChI is InChI=1S/C26H25N3O3S/c1-4-12-29-25(30)24(21-10-7-18-15-17(3)6-9-20(18)28(21)5-2)33-26(29)27-19-8-11-22-23(16-19)32-14-13-31-22/h4,6-11,15-16H,1,5,12-14H2,2-3H3/b24-21+,27-26?. The maximum absolute atomic E-state index is 13.5. The first-order valence-electron chi connectivity index (χ1n) is 11.0. The van der Waals surface area contributed by atoms with Crippen molar-refractivity contribution in [1.82, 2.24) is 4.90 Å². The summed E-state index contributed by atoms with van der Waals surface area (Å²) in [4.78, 5) is 22.8. The average molecular weight is 460 g/mol. The molecule has 0 atom stereocenters. The molecule has 0 N–H and O–H groups in total. The van der Waals surface area contributed by atoms with Crippen LogP contribution in [0.2, 0.25) is 0 Å². The van der Waals surface area contributed by atoms with Crippen molar-refractivity contribution in [1.29, 1.82) is 0 Å². The zero-order valence-electron chi connectivity index (χ0n) is 18.7. The van der Waals surface area contributed by atoms with E-state index in [0.717, 1.165) is 23.5 Å².